The van der Waals surface area contributed by atoms with Gasteiger partial charge in [-0.15, -0.1) is 0 Å². The molecule has 1 heterocycles. The van der Waals surface area contributed by atoms with Crippen molar-refractivity contribution in [3.05, 3.63) is 59.4 Å². The van der Waals surface area contributed by atoms with Crippen molar-refractivity contribution in [3.8, 4) is 0 Å². The highest BCUT2D eigenvalue weighted by atomic mass is 19.3. The molecule has 2 atom stereocenters. The molecule has 0 bridgehead atoms. The highest BCUT2D eigenvalue weighted by molar-refractivity contribution is 6.04. The molecule has 2 unspecified atom stereocenters. The number of aromatic nitrogens is 1. The van der Waals surface area contributed by atoms with Crippen molar-refractivity contribution in [2.75, 3.05) is 5.32 Å². The summed E-state index contributed by atoms with van der Waals surface area (Å²) in [7, 11) is 0. The Kier molecular flexibility index (Phi) is 4.11. The van der Waals surface area contributed by atoms with Crippen molar-refractivity contribution >= 4 is 11.6 Å². The number of carbonyl (C=O) groups is 1. The molecule has 1 aliphatic rings. The monoisotopic (exact) mass is 330 g/mol. The molecule has 5 heteroatoms. The van der Waals surface area contributed by atoms with Gasteiger partial charge in [0, 0.05) is 24.0 Å². The number of nitrogens with one attached hydrogen (secondary N) is 1. The van der Waals surface area contributed by atoms with E-state index in [4.69, 9.17) is 0 Å². The Bertz CT molecular complexity index is 759. The fraction of sp³-hybridized carbons (Fsp3) is 0.368. The molecule has 0 aliphatic heterocycles. The first-order valence-electron chi connectivity index (χ1n) is 7.97. The molecule has 1 aromatic heterocycles. The van der Waals surface area contributed by atoms with E-state index in [9.17, 15) is 13.6 Å². The minimum atomic E-state index is -2.41. The molecule has 0 saturated carbocycles. The molecule has 1 aliphatic carbocycles. The summed E-state index contributed by atoms with van der Waals surface area (Å²) >= 11 is 0. The van der Waals surface area contributed by atoms with E-state index in [2.05, 4.69) is 10.3 Å². The van der Waals surface area contributed by atoms with Crippen molar-refractivity contribution in [2.45, 2.75) is 38.5 Å². The summed E-state index contributed by atoms with van der Waals surface area (Å²) < 4.78 is 27.2. The van der Waals surface area contributed by atoms with E-state index in [0.29, 0.717) is 11.3 Å². The van der Waals surface area contributed by atoms with E-state index in [1.807, 2.05) is 26.8 Å². The van der Waals surface area contributed by atoms with Crippen LogP contribution in [0.15, 0.2) is 42.7 Å². The Labute approximate surface area is 140 Å². The first kappa shape index (κ1) is 16.6. The van der Waals surface area contributed by atoms with Crippen LogP contribution < -0.4 is 5.32 Å². The molecule has 2 aromatic rings. The van der Waals surface area contributed by atoms with Gasteiger partial charge < -0.3 is 5.32 Å². The third-order valence-corrected chi connectivity index (χ3v) is 5.07. The number of anilines is 1. The zero-order valence-corrected chi connectivity index (χ0v) is 13.9. The normalized spacial score (nSPS) is 21.6. The topological polar surface area (TPSA) is 42.0 Å². The van der Waals surface area contributed by atoms with Crippen LogP contribution in [0.4, 0.5) is 14.5 Å². The third-order valence-electron chi connectivity index (χ3n) is 5.07. The first-order chi connectivity index (χ1) is 11.3. The van der Waals surface area contributed by atoms with E-state index in [1.165, 1.54) is 6.20 Å². The number of alkyl halides is 2. The number of halogens is 2. The number of amides is 1. The molecule has 0 spiro atoms. The van der Waals surface area contributed by atoms with Crippen LogP contribution in [0.5, 0.6) is 0 Å². The number of hydrogen-bond donors (Lipinski definition) is 1. The van der Waals surface area contributed by atoms with Gasteiger partial charge in [0.2, 0.25) is 6.43 Å². The maximum Gasteiger partial charge on any atom is 0.257 e. The number of carbonyl (C=O) groups excluding carboxylic acids is 1. The Morgan fingerprint density at radius 3 is 2.62 bits per heavy atom. The lowest BCUT2D eigenvalue weighted by Gasteiger charge is -2.29. The molecule has 126 valence electrons. The van der Waals surface area contributed by atoms with E-state index < -0.39 is 17.8 Å². The highest BCUT2D eigenvalue weighted by Gasteiger charge is 2.49. The molecule has 24 heavy (non-hydrogen) atoms. The second-order valence-electron chi connectivity index (χ2n) is 6.83. The average Bonchev–Trinajstić information content (AvgIpc) is 2.75. The van der Waals surface area contributed by atoms with Gasteiger partial charge in [0.1, 0.15) is 0 Å². The summed E-state index contributed by atoms with van der Waals surface area (Å²) in [6.07, 6.45) is 0.659. The van der Waals surface area contributed by atoms with Crippen LogP contribution in [0.1, 0.15) is 48.2 Å². The van der Waals surface area contributed by atoms with Crippen molar-refractivity contribution < 1.29 is 13.6 Å². The SMILES string of the molecule is CC1c2c(NC(=O)c3cccnc3)cccc2C(C)(C)C1C(F)F. The van der Waals surface area contributed by atoms with Crippen LogP contribution >= 0.6 is 0 Å². The lowest BCUT2D eigenvalue weighted by molar-refractivity contribution is 0.0355. The lowest BCUT2D eigenvalue weighted by atomic mass is 9.76. The Balaban J connectivity index is 2.00. The number of fused-ring (bicyclic) bond motifs is 1. The molecule has 1 N–H and O–H groups in total. The fourth-order valence-corrected chi connectivity index (χ4v) is 3.94. The predicted octanol–water partition coefficient (Wildman–Crippen LogP) is 4.61. The lowest BCUT2D eigenvalue weighted by Crippen LogP contribution is -2.31. The minimum absolute atomic E-state index is 0.290. The van der Waals surface area contributed by atoms with E-state index >= 15 is 0 Å². The second-order valence-corrected chi connectivity index (χ2v) is 6.83. The third kappa shape index (κ3) is 2.58. The molecule has 0 radical (unpaired) electrons. The van der Waals surface area contributed by atoms with Crippen molar-refractivity contribution in [1.29, 1.82) is 0 Å². The van der Waals surface area contributed by atoms with Gasteiger partial charge in [-0.3, -0.25) is 9.78 Å². The zero-order chi connectivity index (χ0) is 17.5. The quantitative estimate of drug-likeness (QED) is 0.893. The van der Waals surface area contributed by atoms with Gasteiger partial charge in [-0.1, -0.05) is 32.9 Å². The minimum Gasteiger partial charge on any atom is -0.322 e. The van der Waals surface area contributed by atoms with Crippen molar-refractivity contribution in [2.24, 2.45) is 5.92 Å². The maximum absolute atomic E-state index is 13.6. The Morgan fingerprint density at radius 1 is 1.25 bits per heavy atom. The molecule has 1 amide bonds. The molecule has 3 nitrogen and oxygen atoms in total. The van der Waals surface area contributed by atoms with Crippen molar-refractivity contribution in [3.63, 3.8) is 0 Å². The van der Waals surface area contributed by atoms with Gasteiger partial charge >= 0.3 is 0 Å². The van der Waals surface area contributed by atoms with Gasteiger partial charge in [0.15, 0.2) is 0 Å². The summed E-state index contributed by atoms with van der Waals surface area (Å²) in [6.45, 7) is 5.50. The van der Waals surface area contributed by atoms with Crippen LogP contribution in [-0.4, -0.2) is 17.3 Å². The maximum atomic E-state index is 13.6. The molecule has 0 fully saturated rings. The average molecular weight is 330 g/mol. The number of benzene rings is 1. The second kappa shape index (κ2) is 5.96. The molecular weight excluding hydrogens is 310 g/mol. The molecular formula is C19H20F2N2O. The summed E-state index contributed by atoms with van der Waals surface area (Å²) in [4.78, 5) is 16.3. The summed E-state index contributed by atoms with van der Waals surface area (Å²) in [6, 6.07) is 8.81. The largest absolute Gasteiger partial charge is 0.322 e. The van der Waals surface area contributed by atoms with Crippen LogP contribution in [0.3, 0.4) is 0 Å². The predicted molar refractivity (Wildman–Crippen MR) is 89.6 cm³/mol. The van der Waals surface area contributed by atoms with E-state index in [0.717, 1.165) is 11.1 Å². The fourth-order valence-electron chi connectivity index (χ4n) is 3.94. The first-order valence-corrected chi connectivity index (χ1v) is 7.97. The van der Waals surface area contributed by atoms with Gasteiger partial charge in [-0.05, 0) is 40.7 Å². The molecule has 1 aromatic carbocycles. The summed E-state index contributed by atoms with van der Waals surface area (Å²) in [5, 5.41) is 2.86. The summed E-state index contributed by atoms with van der Waals surface area (Å²) in [5.41, 5.74) is 2.09. The van der Waals surface area contributed by atoms with Gasteiger partial charge in [0.05, 0.1) is 5.56 Å². The number of pyridine rings is 1. The van der Waals surface area contributed by atoms with Crippen LogP contribution in [0, 0.1) is 5.92 Å². The molecule has 3 rings (SSSR count). The highest BCUT2D eigenvalue weighted by Crippen LogP contribution is 2.54. The molecule has 0 saturated heterocycles. The number of hydrogen-bond acceptors (Lipinski definition) is 2. The smallest absolute Gasteiger partial charge is 0.257 e. The van der Waals surface area contributed by atoms with Crippen LogP contribution in [-0.2, 0) is 5.41 Å². The van der Waals surface area contributed by atoms with Crippen LogP contribution in [0.25, 0.3) is 0 Å². The van der Waals surface area contributed by atoms with Crippen molar-refractivity contribution in [1.82, 2.24) is 4.98 Å². The summed E-state index contributed by atoms with van der Waals surface area (Å²) in [5.74, 6) is -1.40. The van der Waals surface area contributed by atoms with Gasteiger partial charge in [-0.2, -0.15) is 0 Å². The Morgan fingerprint density at radius 2 is 2.00 bits per heavy atom. The van der Waals surface area contributed by atoms with E-state index in [1.54, 1.807) is 30.5 Å². The zero-order valence-electron chi connectivity index (χ0n) is 13.9. The van der Waals surface area contributed by atoms with Gasteiger partial charge in [-0.25, -0.2) is 8.78 Å². The number of nitrogens with zero attached hydrogens (tertiary/aromatic N) is 1. The Hall–Kier alpha value is -2.30. The van der Waals surface area contributed by atoms with Crippen LogP contribution in [0.2, 0.25) is 0 Å². The standard InChI is InChI=1S/C19H20F2N2O/c1-11-15-13(19(2,3)16(11)17(20)21)7-4-8-14(15)23-18(24)12-6-5-9-22-10-12/h4-11,16-17H,1-3H3,(H,23,24). The number of rotatable bonds is 3. The van der Waals surface area contributed by atoms with E-state index in [-0.39, 0.29) is 11.8 Å². The van der Waals surface area contributed by atoms with Gasteiger partial charge in [0.25, 0.3) is 5.91 Å².